The van der Waals surface area contributed by atoms with E-state index in [4.69, 9.17) is 0 Å². The van der Waals surface area contributed by atoms with Crippen LogP contribution in [0.2, 0.25) is 0 Å². The van der Waals surface area contributed by atoms with Crippen LogP contribution in [0.25, 0.3) is 0 Å². The zero-order valence-electron chi connectivity index (χ0n) is 19.7. The first-order valence-electron chi connectivity index (χ1n) is 12.7. The average Bonchev–Trinajstić information content (AvgIpc) is 2.99. The Kier molecular flexibility index (Phi) is 5.65. The van der Waals surface area contributed by atoms with Crippen molar-refractivity contribution in [2.45, 2.75) is 106 Å². The van der Waals surface area contributed by atoms with Gasteiger partial charge in [-0.15, -0.1) is 0 Å². The molecule has 0 radical (unpaired) electrons. The van der Waals surface area contributed by atoms with Gasteiger partial charge < -0.3 is 0 Å². The van der Waals surface area contributed by atoms with Crippen molar-refractivity contribution in [3.05, 3.63) is 23.3 Å². The maximum atomic E-state index is 2.68. The van der Waals surface area contributed by atoms with Gasteiger partial charge in [0.1, 0.15) is 0 Å². The van der Waals surface area contributed by atoms with Crippen molar-refractivity contribution in [2.75, 3.05) is 0 Å². The first-order chi connectivity index (χ1) is 13.3. The number of hydrogen-bond acceptors (Lipinski definition) is 0. The smallest absolute Gasteiger partial charge is 0.00474 e. The van der Waals surface area contributed by atoms with Crippen LogP contribution in [-0.2, 0) is 0 Å². The molecule has 0 heteroatoms. The van der Waals surface area contributed by atoms with Crippen LogP contribution in [0.5, 0.6) is 0 Å². The van der Waals surface area contributed by atoms with Gasteiger partial charge in [0.05, 0.1) is 0 Å². The fourth-order valence-electron chi connectivity index (χ4n) is 7.79. The number of hydrogen-bond donors (Lipinski definition) is 0. The van der Waals surface area contributed by atoms with Gasteiger partial charge in [0.2, 0.25) is 0 Å². The van der Waals surface area contributed by atoms with Gasteiger partial charge in [-0.05, 0) is 97.7 Å². The van der Waals surface area contributed by atoms with Crippen LogP contribution < -0.4 is 0 Å². The lowest BCUT2D eigenvalue weighted by atomic mass is 9.50. The normalized spacial score (nSPS) is 43.7. The van der Waals surface area contributed by atoms with Crippen molar-refractivity contribution in [1.82, 2.24) is 0 Å². The Morgan fingerprint density at radius 3 is 2.50 bits per heavy atom. The summed E-state index contributed by atoms with van der Waals surface area (Å²) in [6.45, 7) is 15.0. The van der Waals surface area contributed by atoms with Crippen LogP contribution >= 0.6 is 0 Å². The lowest BCUT2D eigenvalue weighted by molar-refractivity contribution is 0.0609. The molecule has 7 atom stereocenters. The largest absolute Gasteiger partial charge is 0.0634 e. The van der Waals surface area contributed by atoms with Gasteiger partial charge in [0.15, 0.2) is 0 Å². The Bertz CT molecular complexity index is 636. The molecule has 0 aliphatic heterocycles. The maximum Gasteiger partial charge on any atom is -0.00474 e. The Morgan fingerprint density at radius 2 is 1.75 bits per heavy atom. The van der Waals surface area contributed by atoms with Crippen LogP contribution in [-0.4, -0.2) is 0 Å². The van der Waals surface area contributed by atoms with E-state index in [1.807, 2.05) is 5.57 Å². The van der Waals surface area contributed by atoms with Gasteiger partial charge in [-0.25, -0.2) is 0 Å². The highest BCUT2D eigenvalue weighted by molar-refractivity contribution is 5.38. The summed E-state index contributed by atoms with van der Waals surface area (Å²) in [4.78, 5) is 0. The number of fused-ring (bicyclic) bond motifs is 5. The third kappa shape index (κ3) is 3.35. The molecule has 4 aliphatic carbocycles. The lowest BCUT2D eigenvalue weighted by Gasteiger charge is -2.55. The van der Waals surface area contributed by atoms with E-state index in [2.05, 4.69) is 53.7 Å². The molecule has 0 nitrogen and oxygen atoms in total. The minimum absolute atomic E-state index is 0.489. The standard InChI is InChI=1S/C28H46/c1-19(2)21(4)8-7-9-22-11-13-25-24-12-10-23-18-20(3)14-16-28(23,6)26(24)15-17-27(22,25)5/h10,12,19-22,25-26H,7-9,11,13-18H2,1-6H3/t20-,21-,22-,25-,26-,27+,28-/m0/s1. The molecule has 0 unspecified atom stereocenters. The Hall–Kier alpha value is -0.520. The van der Waals surface area contributed by atoms with Crippen molar-refractivity contribution >= 4 is 0 Å². The summed E-state index contributed by atoms with van der Waals surface area (Å²) in [5.74, 6) is 5.34. The molecule has 0 aromatic rings. The van der Waals surface area contributed by atoms with Crippen molar-refractivity contribution in [1.29, 1.82) is 0 Å². The number of allylic oxidation sites excluding steroid dienone is 4. The summed E-state index contributed by atoms with van der Waals surface area (Å²) >= 11 is 0. The third-order valence-corrected chi connectivity index (χ3v) is 10.4. The van der Waals surface area contributed by atoms with Crippen molar-refractivity contribution in [3.8, 4) is 0 Å². The van der Waals surface area contributed by atoms with Gasteiger partial charge in [0, 0.05) is 0 Å². The van der Waals surface area contributed by atoms with Crippen LogP contribution in [0.3, 0.4) is 0 Å². The predicted molar refractivity (Wildman–Crippen MR) is 122 cm³/mol. The molecule has 0 bridgehead atoms. The molecule has 0 aromatic heterocycles. The molecule has 3 saturated carbocycles. The van der Waals surface area contributed by atoms with E-state index in [-0.39, 0.29) is 0 Å². The van der Waals surface area contributed by atoms with E-state index >= 15 is 0 Å². The molecule has 0 saturated heterocycles. The summed E-state index contributed by atoms with van der Waals surface area (Å²) in [5, 5.41) is 0. The molecule has 0 aromatic carbocycles. The molecule has 4 aliphatic rings. The molecule has 3 fully saturated rings. The highest BCUT2D eigenvalue weighted by Gasteiger charge is 2.55. The second-order valence-corrected chi connectivity index (χ2v) is 12.2. The summed E-state index contributed by atoms with van der Waals surface area (Å²) < 4.78 is 0. The van der Waals surface area contributed by atoms with Crippen molar-refractivity contribution in [3.63, 3.8) is 0 Å². The maximum absolute atomic E-state index is 2.68. The van der Waals surface area contributed by atoms with Crippen LogP contribution in [0.4, 0.5) is 0 Å². The Balaban J connectivity index is 1.48. The topological polar surface area (TPSA) is 0 Å². The van der Waals surface area contributed by atoms with Gasteiger partial charge in [-0.2, -0.15) is 0 Å². The SMILES string of the molecule is CC(C)[C@@H](C)CCC[C@H]1CC[C@H]2C3=CC=C4C[C@@H](C)CC[C@]4(C)[C@H]3CC[C@]12C. The molecule has 0 N–H and O–H groups in total. The minimum atomic E-state index is 0.489. The minimum Gasteiger partial charge on any atom is -0.0634 e. The average molecular weight is 383 g/mol. The zero-order chi connectivity index (χ0) is 20.1. The van der Waals surface area contributed by atoms with Gasteiger partial charge in [-0.1, -0.05) is 77.7 Å². The monoisotopic (exact) mass is 382 g/mol. The highest BCUT2D eigenvalue weighted by Crippen LogP contribution is 2.65. The molecule has 0 amide bonds. The fourth-order valence-corrected chi connectivity index (χ4v) is 7.79. The predicted octanol–water partition coefficient (Wildman–Crippen LogP) is 8.58. The summed E-state index contributed by atoms with van der Waals surface area (Å²) in [6.07, 6.45) is 19.7. The van der Waals surface area contributed by atoms with Gasteiger partial charge in [-0.3, -0.25) is 0 Å². The quantitative estimate of drug-likeness (QED) is 0.446. The zero-order valence-corrected chi connectivity index (χ0v) is 19.7. The second-order valence-electron chi connectivity index (χ2n) is 12.2. The van der Waals surface area contributed by atoms with Gasteiger partial charge >= 0.3 is 0 Å². The van der Waals surface area contributed by atoms with Crippen molar-refractivity contribution in [2.24, 2.45) is 46.3 Å². The first-order valence-corrected chi connectivity index (χ1v) is 12.7. The molecule has 0 heterocycles. The lowest BCUT2D eigenvalue weighted by Crippen LogP contribution is -2.45. The van der Waals surface area contributed by atoms with E-state index in [0.717, 1.165) is 35.5 Å². The van der Waals surface area contributed by atoms with Crippen molar-refractivity contribution < 1.29 is 0 Å². The highest BCUT2D eigenvalue weighted by atomic mass is 14.6. The van der Waals surface area contributed by atoms with Crippen LogP contribution in [0.1, 0.15) is 106 Å². The van der Waals surface area contributed by atoms with E-state index in [0.29, 0.717) is 10.8 Å². The van der Waals surface area contributed by atoms with E-state index in [1.54, 1.807) is 5.57 Å². The molecule has 4 rings (SSSR count). The molecular weight excluding hydrogens is 336 g/mol. The third-order valence-electron chi connectivity index (χ3n) is 10.4. The Labute approximate surface area is 175 Å². The fraction of sp³-hybridized carbons (Fsp3) is 0.857. The molecular formula is C28H46. The summed E-state index contributed by atoms with van der Waals surface area (Å²) in [6, 6.07) is 0. The van der Waals surface area contributed by atoms with Crippen LogP contribution in [0.15, 0.2) is 23.3 Å². The summed E-state index contributed by atoms with van der Waals surface area (Å²) in [7, 11) is 0. The summed E-state index contributed by atoms with van der Waals surface area (Å²) in [5.41, 5.74) is 4.75. The van der Waals surface area contributed by atoms with Gasteiger partial charge in [0.25, 0.3) is 0 Å². The molecule has 0 spiro atoms. The first kappa shape index (κ1) is 20.7. The van der Waals surface area contributed by atoms with Crippen LogP contribution in [0, 0.1) is 46.3 Å². The van der Waals surface area contributed by atoms with E-state index in [9.17, 15) is 0 Å². The second kappa shape index (κ2) is 7.63. The van der Waals surface area contributed by atoms with E-state index < -0.39 is 0 Å². The molecule has 28 heavy (non-hydrogen) atoms. The van der Waals surface area contributed by atoms with E-state index in [1.165, 1.54) is 64.2 Å². The number of rotatable bonds is 5. The molecule has 158 valence electrons. The Morgan fingerprint density at radius 1 is 0.964 bits per heavy atom.